The lowest BCUT2D eigenvalue weighted by molar-refractivity contribution is -0.112. The summed E-state index contributed by atoms with van der Waals surface area (Å²) in [6, 6.07) is 7.57. The molecule has 1 aromatic rings. The first-order valence-electron chi connectivity index (χ1n) is 6.97. The number of aromatic nitrogens is 1. The first kappa shape index (κ1) is 15.0. The molecule has 0 bridgehead atoms. The zero-order valence-electron chi connectivity index (χ0n) is 11.9. The van der Waals surface area contributed by atoms with Crippen molar-refractivity contribution in [3.63, 3.8) is 0 Å². The van der Waals surface area contributed by atoms with Gasteiger partial charge in [-0.1, -0.05) is 6.07 Å². The van der Waals surface area contributed by atoms with Gasteiger partial charge in [0.1, 0.15) is 0 Å². The summed E-state index contributed by atoms with van der Waals surface area (Å²) in [6.07, 6.45) is 3.99. The van der Waals surface area contributed by atoms with Gasteiger partial charge in [0.15, 0.2) is 0 Å². The van der Waals surface area contributed by atoms with E-state index in [1.165, 1.54) is 0 Å². The standard InChI is InChI=1S/C15H19N5O/c16-5-3-7-19-8-10-20(11-9-19)12-13(15(17)21)14-4-1-2-6-18-14/h1-2,4,6,12H,3,7-11H2,(H2,17,21). The molecule has 0 radical (unpaired) electrons. The summed E-state index contributed by atoms with van der Waals surface area (Å²) in [5.74, 6) is -0.472. The SMILES string of the molecule is N#CCCN1CCN(C=C(C(N)=O)c2ccccn2)CC1. The number of primary amides is 1. The van der Waals surface area contributed by atoms with Gasteiger partial charge in [-0.15, -0.1) is 0 Å². The number of carbonyl (C=O) groups excluding carboxylic acids is 1. The van der Waals surface area contributed by atoms with Crippen molar-refractivity contribution in [2.24, 2.45) is 5.73 Å². The molecule has 0 aromatic carbocycles. The summed E-state index contributed by atoms with van der Waals surface area (Å²) >= 11 is 0. The highest BCUT2D eigenvalue weighted by Crippen LogP contribution is 2.13. The van der Waals surface area contributed by atoms with Gasteiger partial charge >= 0.3 is 0 Å². The van der Waals surface area contributed by atoms with Crippen molar-refractivity contribution in [1.29, 1.82) is 5.26 Å². The molecule has 1 aliphatic heterocycles. The van der Waals surface area contributed by atoms with Crippen LogP contribution in [0, 0.1) is 11.3 Å². The van der Waals surface area contributed by atoms with E-state index in [9.17, 15) is 4.79 Å². The minimum atomic E-state index is -0.472. The van der Waals surface area contributed by atoms with Crippen LogP contribution in [-0.4, -0.2) is 53.4 Å². The molecule has 1 fully saturated rings. The zero-order valence-corrected chi connectivity index (χ0v) is 11.9. The van der Waals surface area contributed by atoms with Crippen LogP contribution in [0.3, 0.4) is 0 Å². The molecule has 2 heterocycles. The lowest BCUT2D eigenvalue weighted by Gasteiger charge is -2.34. The molecule has 6 heteroatoms. The number of amides is 1. The van der Waals surface area contributed by atoms with Crippen LogP contribution in [0.1, 0.15) is 12.1 Å². The fourth-order valence-electron chi connectivity index (χ4n) is 2.28. The molecule has 2 rings (SSSR count). The molecular formula is C15H19N5O. The Balaban J connectivity index is 2.01. The molecule has 110 valence electrons. The van der Waals surface area contributed by atoms with E-state index in [0.717, 1.165) is 32.7 Å². The summed E-state index contributed by atoms with van der Waals surface area (Å²) in [4.78, 5) is 20.1. The zero-order chi connectivity index (χ0) is 15.1. The number of hydrogen-bond donors (Lipinski definition) is 1. The van der Waals surface area contributed by atoms with Crippen molar-refractivity contribution in [1.82, 2.24) is 14.8 Å². The number of piperazine rings is 1. The average molecular weight is 285 g/mol. The number of nitrogens with two attached hydrogens (primary N) is 1. The van der Waals surface area contributed by atoms with Gasteiger partial charge in [0.2, 0.25) is 0 Å². The molecule has 1 aliphatic rings. The highest BCUT2D eigenvalue weighted by molar-refractivity contribution is 6.17. The van der Waals surface area contributed by atoms with Crippen molar-refractivity contribution in [3.8, 4) is 6.07 Å². The number of rotatable bonds is 5. The molecular weight excluding hydrogens is 266 g/mol. The highest BCUT2D eigenvalue weighted by atomic mass is 16.1. The summed E-state index contributed by atoms with van der Waals surface area (Å²) in [7, 11) is 0. The maximum atomic E-state index is 11.6. The maximum absolute atomic E-state index is 11.6. The number of nitriles is 1. The van der Waals surface area contributed by atoms with Gasteiger partial charge < -0.3 is 10.6 Å². The fourth-order valence-corrected chi connectivity index (χ4v) is 2.28. The Kier molecular flexibility index (Phi) is 5.29. The first-order chi connectivity index (χ1) is 10.2. The Bertz CT molecular complexity index is 541. The second-order valence-electron chi connectivity index (χ2n) is 4.91. The van der Waals surface area contributed by atoms with E-state index >= 15 is 0 Å². The maximum Gasteiger partial charge on any atom is 0.252 e. The first-order valence-corrected chi connectivity index (χ1v) is 6.97. The molecule has 0 atom stereocenters. The minimum Gasteiger partial charge on any atom is -0.374 e. The average Bonchev–Trinajstić information content (AvgIpc) is 2.52. The quantitative estimate of drug-likeness (QED) is 0.793. The molecule has 6 nitrogen and oxygen atoms in total. The van der Waals surface area contributed by atoms with Crippen LogP contribution in [-0.2, 0) is 4.79 Å². The van der Waals surface area contributed by atoms with Crippen LogP contribution >= 0.6 is 0 Å². The van der Waals surface area contributed by atoms with E-state index in [1.54, 1.807) is 24.5 Å². The third-order valence-corrected chi connectivity index (χ3v) is 3.46. The number of nitrogens with zero attached hydrogens (tertiary/aromatic N) is 4. The van der Waals surface area contributed by atoms with Gasteiger partial charge in [0.05, 0.1) is 17.3 Å². The highest BCUT2D eigenvalue weighted by Gasteiger charge is 2.17. The summed E-state index contributed by atoms with van der Waals surface area (Å²) in [6.45, 7) is 4.19. The van der Waals surface area contributed by atoms with Crippen LogP contribution in [0.4, 0.5) is 0 Å². The van der Waals surface area contributed by atoms with Crippen LogP contribution in [0.25, 0.3) is 5.57 Å². The Labute approximate surface area is 124 Å². The number of pyridine rings is 1. The Morgan fingerprint density at radius 2 is 2.14 bits per heavy atom. The van der Waals surface area contributed by atoms with Gasteiger partial charge in [-0.3, -0.25) is 14.7 Å². The van der Waals surface area contributed by atoms with E-state index in [0.29, 0.717) is 17.7 Å². The lowest BCUT2D eigenvalue weighted by Crippen LogP contribution is -2.44. The van der Waals surface area contributed by atoms with Crippen molar-refractivity contribution < 1.29 is 4.79 Å². The second kappa shape index (κ2) is 7.41. The lowest BCUT2D eigenvalue weighted by atomic mass is 10.1. The number of hydrogen-bond acceptors (Lipinski definition) is 5. The molecule has 2 N–H and O–H groups in total. The third kappa shape index (κ3) is 4.29. The molecule has 1 aromatic heterocycles. The smallest absolute Gasteiger partial charge is 0.252 e. The Morgan fingerprint density at radius 3 is 2.71 bits per heavy atom. The normalized spacial score (nSPS) is 16.5. The molecule has 21 heavy (non-hydrogen) atoms. The molecule has 0 aliphatic carbocycles. The van der Waals surface area contributed by atoms with Crippen molar-refractivity contribution in [2.45, 2.75) is 6.42 Å². The topological polar surface area (TPSA) is 86.3 Å². The van der Waals surface area contributed by atoms with Gasteiger partial charge in [-0.05, 0) is 12.1 Å². The molecule has 0 spiro atoms. The molecule has 1 amide bonds. The Morgan fingerprint density at radius 1 is 1.38 bits per heavy atom. The summed E-state index contributed by atoms with van der Waals surface area (Å²) in [5.41, 5.74) is 6.48. The monoisotopic (exact) mass is 285 g/mol. The van der Waals surface area contributed by atoms with Crippen molar-refractivity contribution >= 4 is 11.5 Å². The summed E-state index contributed by atoms with van der Waals surface area (Å²) in [5, 5.41) is 8.60. The van der Waals surface area contributed by atoms with Crippen LogP contribution in [0.15, 0.2) is 30.6 Å². The van der Waals surface area contributed by atoms with E-state index in [4.69, 9.17) is 11.0 Å². The van der Waals surface area contributed by atoms with Gasteiger partial charge in [-0.2, -0.15) is 5.26 Å². The predicted molar refractivity (Wildman–Crippen MR) is 79.7 cm³/mol. The molecule has 0 unspecified atom stereocenters. The van der Waals surface area contributed by atoms with E-state index in [2.05, 4.69) is 20.9 Å². The van der Waals surface area contributed by atoms with Crippen LogP contribution < -0.4 is 5.73 Å². The fraction of sp³-hybridized carbons (Fsp3) is 0.400. The minimum absolute atomic E-state index is 0.432. The number of carbonyl (C=O) groups is 1. The third-order valence-electron chi connectivity index (χ3n) is 3.46. The largest absolute Gasteiger partial charge is 0.374 e. The van der Waals surface area contributed by atoms with E-state index in [-0.39, 0.29) is 0 Å². The molecule has 0 saturated carbocycles. The predicted octanol–water partition coefficient (Wildman–Crippen LogP) is 0.439. The van der Waals surface area contributed by atoms with Crippen LogP contribution in [0.2, 0.25) is 0 Å². The van der Waals surface area contributed by atoms with E-state index < -0.39 is 5.91 Å². The van der Waals surface area contributed by atoms with Gasteiger partial charge in [0.25, 0.3) is 5.91 Å². The van der Waals surface area contributed by atoms with Crippen LogP contribution in [0.5, 0.6) is 0 Å². The van der Waals surface area contributed by atoms with Crippen molar-refractivity contribution in [2.75, 3.05) is 32.7 Å². The van der Waals surface area contributed by atoms with Gasteiger partial charge in [0, 0.05) is 51.5 Å². The van der Waals surface area contributed by atoms with Crippen molar-refractivity contribution in [3.05, 3.63) is 36.3 Å². The Hall–Kier alpha value is -2.39. The van der Waals surface area contributed by atoms with E-state index in [1.807, 2.05) is 6.07 Å². The van der Waals surface area contributed by atoms with Gasteiger partial charge in [-0.25, -0.2) is 0 Å². The summed E-state index contributed by atoms with van der Waals surface area (Å²) < 4.78 is 0. The second-order valence-corrected chi connectivity index (χ2v) is 4.91. The molecule has 1 saturated heterocycles.